The van der Waals surface area contributed by atoms with Crippen molar-refractivity contribution in [2.75, 3.05) is 23.7 Å². The van der Waals surface area contributed by atoms with Crippen molar-refractivity contribution in [3.63, 3.8) is 0 Å². The number of anilines is 1. The fourth-order valence-corrected chi connectivity index (χ4v) is 3.88. The molecule has 1 aliphatic heterocycles. The number of halogens is 1. The fraction of sp³-hybridized carbons (Fsp3) is 0.300. The van der Waals surface area contributed by atoms with E-state index in [1.165, 1.54) is 17.3 Å². The predicted octanol–water partition coefficient (Wildman–Crippen LogP) is 2.87. The van der Waals surface area contributed by atoms with E-state index in [9.17, 15) is 9.59 Å². The predicted molar refractivity (Wildman–Crippen MR) is 113 cm³/mol. The molecule has 0 bridgehead atoms. The SMILES string of the molecule is C[C@@H](CN)NC(=O)c1ccccc1SCC(=O)N1CCc2ccccc21.Cl. The minimum absolute atomic E-state index is 0. The molecular weight excluding hydrogens is 382 g/mol. The van der Waals surface area contributed by atoms with Gasteiger partial charge in [-0.15, -0.1) is 24.2 Å². The Hall–Kier alpha value is -2.02. The van der Waals surface area contributed by atoms with Crippen LogP contribution < -0.4 is 16.0 Å². The van der Waals surface area contributed by atoms with Gasteiger partial charge in [0.05, 0.1) is 11.3 Å². The molecule has 2 amide bonds. The molecule has 3 rings (SSSR count). The maximum absolute atomic E-state index is 12.7. The van der Waals surface area contributed by atoms with Gasteiger partial charge in [0.2, 0.25) is 5.91 Å². The molecule has 7 heteroatoms. The topological polar surface area (TPSA) is 75.4 Å². The van der Waals surface area contributed by atoms with Gasteiger partial charge in [-0.1, -0.05) is 30.3 Å². The van der Waals surface area contributed by atoms with E-state index in [0.29, 0.717) is 17.9 Å². The van der Waals surface area contributed by atoms with Gasteiger partial charge in [-0.2, -0.15) is 0 Å². The largest absolute Gasteiger partial charge is 0.348 e. The van der Waals surface area contributed by atoms with E-state index < -0.39 is 0 Å². The first-order valence-corrected chi connectivity index (χ1v) is 9.69. The van der Waals surface area contributed by atoms with Gasteiger partial charge < -0.3 is 16.0 Å². The van der Waals surface area contributed by atoms with Crippen LogP contribution >= 0.6 is 24.2 Å². The second kappa shape index (κ2) is 9.78. The fourth-order valence-electron chi connectivity index (χ4n) is 2.96. The van der Waals surface area contributed by atoms with Crippen molar-refractivity contribution in [2.45, 2.75) is 24.3 Å². The van der Waals surface area contributed by atoms with Crippen LogP contribution in [0, 0.1) is 0 Å². The van der Waals surface area contributed by atoms with Gasteiger partial charge in [-0.3, -0.25) is 9.59 Å². The van der Waals surface area contributed by atoms with Crippen molar-refractivity contribution in [3.8, 4) is 0 Å². The Bertz CT molecular complexity index is 815. The quantitative estimate of drug-likeness (QED) is 0.724. The summed E-state index contributed by atoms with van der Waals surface area (Å²) in [7, 11) is 0. The zero-order valence-corrected chi connectivity index (χ0v) is 16.8. The summed E-state index contributed by atoms with van der Waals surface area (Å²) in [4.78, 5) is 27.7. The Morgan fingerprint density at radius 2 is 1.89 bits per heavy atom. The lowest BCUT2D eigenvalue weighted by atomic mass is 10.2. The number of thioether (sulfide) groups is 1. The number of carbonyl (C=O) groups is 2. The van der Waals surface area contributed by atoms with Crippen molar-refractivity contribution in [3.05, 3.63) is 59.7 Å². The van der Waals surface area contributed by atoms with Crippen molar-refractivity contribution >= 4 is 41.7 Å². The number of benzene rings is 2. The first kappa shape index (κ1) is 21.3. The Morgan fingerprint density at radius 1 is 1.19 bits per heavy atom. The third-order valence-electron chi connectivity index (χ3n) is 4.40. The van der Waals surface area contributed by atoms with E-state index in [4.69, 9.17) is 5.73 Å². The van der Waals surface area contributed by atoms with Crippen LogP contribution in [0.1, 0.15) is 22.8 Å². The normalized spacial score (nSPS) is 13.5. The summed E-state index contributed by atoms with van der Waals surface area (Å²) in [6.45, 7) is 2.96. The molecule has 1 atom stereocenters. The highest BCUT2D eigenvalue weighted by molar-refractivity contribution is 8.00. The number of rotatable bonds is 6. The van der Waals surface area contributed by atoms with E-state index in [2.05, 4.69) is 11.4 Å². The zero-order valence-electron chi connectivity index (χ0n) is 15.2. The Balaban J connectivity index is 0.00000261. The molecule has 3 N–H and O–H groups in total. The third-order valence-corrected chi connectivity index (χ3v) is 5.46. The Kier molecular flexibility index (Phi) is 7.71. The summed E-state index contributed by atoms with van der Waals surface area (Å²) >= 11 is 1.40. The lowest BCUT2D eigenvalue weighted by Crippen LogP contribution is -2.38. The number of para-hydroxylation sites is 1. The highest BCUT2D eigenvalue weighted by Gasteiger charge is 2.24. The number of nitrogens with one attached hydrogen (secondary N) is 1. The molecule has 27 heavy (non-hydrogen) atoms. The summed E-state index contributed by atoms with van der Waals surface area (Å²) < 4.78 is 0. The van der Waals surface area contributed by atoms with Gasteiger partial charge in [-0.05, 0) is 37.1 Å². The first-order valence-electron chi connectivity index (χ1n) is 8.71. The standard InChI is InChI=1S/C20H23N3O2S.ClH/c1-14(12-21)22-20(25)16-7-3-5-9-18(16)26-13-19(24)23-11-10-15-6-2-4-8-17(15)23;/h2-9,14H,10-13,21H2,1H3,(H,22,25);1H/t14-;/m0./s1. The van der Waals surface area contributed by atoms with Crippen LogP contribution in [-0.2, 0) is 11.2 Å². The summed E-state index contributed by atoms with van der Waals surface area (Å²) in [5.41, 5.74) is 8.36. The number of hydrogen-bond donors (Lipinski definition) is 2. The van der Waals surface area contributed by atoms with Gasteiger partial charge in [0, 0.05) is 29.7 Å². The number of nitrogens with two attached hydrogens (primary N) is 1. The molecule has 0 fully saturated rings. The molecule has 1 heterocycles. The number of fused-ring (bicyclic) bond motifs is 1. The molecule has 0 radical (unpaired) electrons. The van der Waals surface area contributed by atoms with E-state index >= 15 is 0 Å². The van der Waals surface area contributed by atoms with Crippen LogP contribution in [0.4, 0.5) is 5.69 Å². The van der Waals surface area contributed by atoms with Crippen LogP contribution in [-0.4, -0.2) is 36.7 Å². The molecule has 0 aromatic heterocycles. The number of nitrogens with zero attached hydrogens (tertiary/aromatic N) is 1. The van der Waals surface area contributed by atoms with E-state index in [-0.39, 0.29) is 30.3 Å². The molecule has 0 unspecified atom stereocenters. The maximum Gasteiger partial charge on any atom is 0.252 e. The van der Waals surface area contributed by atoms with Crippen LogP contribution in [0.2, 0.25) is 0 Å². The van der Waals surface area contributed by atoms with Gasteiger partial charge >= 0.3 is 0 Å². The summed E-state index contributed by atoms with van der Waals surface area (Å²) in [6.07, 6.45) is 0.891. The minimum Gasteiger partial charge on any atom is -0.348 e. The molecule has 5 nitrogen and oxygen atoms in total. The molecule has 144 valence electrons. The van der Waals surface area contributed by atoms with Crippen LogP contribution in [0.5, 0.6) is 0 Å². The average molecular weight is 406 g/mol. The molecule has 2 aromatic rings. The van der Waals surface area contributed by atoms with Gasteiger partial charge in [0.1, 0.15) is 0 Å². The number of amides is 2. The Labute approximate surface area is 170 Å². The first-order chi connectivity index (χ1) is 12.6. The van der Waals surface area contributed by atoms with E-state index in [0.717, 1.165) is 23.5 Å². The summed E-state index contributed by atoms with van der Waals surface area (Å²) in [5, 5.41) is 2.87. The summed E-state index contributed by atoms with van der Waals surface area (Å²) in [5.74, 6) is 0.195. The molecule has 2 aromatic carbocycles. The maximum atomic E-state index is 12.7. The molecule has 1 aliphatic rings. The zero-order chi connectivity index (χ0) is 18.5. The highest BCUT2D eigenvalue weighted by Crippen LogP contribution is 2.29. The van der Waals surface area contributed by atoms with Gasteiger partial charge in [0.25, 0.3) is 5.91 Å². The number of hydrogen-bond acceptors (Lipinski definition) is 4. The molecule has 0 saturated heterocycles. The lowest BCUT2D eigenvalue weighted by molar-refractivity contribution is -0.116. The smallest absolute Gasteiger partial charge is 0.252 e. The minimum atomic E-state index is -0.162. The summed E-state index contributed by atoms with van der Waals surface area (Å²) in [6, 6.07) is 15.3. The average Bonchev–Trinajstić information content (AvgIpc) is 3.10. The molecular formula is C20H24ClN3O2S. The van der Waals surface area contributed by atoms with Crippen molar-refractivity contribution in [1.29, 1.82) is 0 Å². The van der Waals surface area contributed by atoms with Crippen molar-refractivity contribution in [1.82, 2.24) is 5.32 Å². The van der Waals surface area contributed by atoms with E-state index in [1.54, 1.807) is 6.07 Å². The second-order valence-electron chi connectivity index (χ2n) is 6.32. The van der Waals surface area contributed by atoms with Crippen LogP contribution in [0.15, 0.2) is 53.4 Å². The van der Waals surface area contributed by atoms with Crippen molar-refractivity contribution in [2.24, 2.45) is 5.73 Å². The molecule has 0 spiro atoms. The number of carbonyl (C=O) groups excluding carboxylic acids is 2. The van der Waals surface area contributed by atoms with E-state index in [1.807, 2.05) is 48.2 Å². The second-order valence-corrected chi connectivity index (χ2v) is 7.34. The molecule has 0 saturated carbocycles. The van der Waals surface area contributed by atoms with Crippen LogP contribution in [0.25, 0.3) is 0 Å². The van der Waals surface area contributed by atoms with Crippen molar-refractivity contribution < 1.29 is 9.59 Å². The van der Waals surface area contributed by atoms with Gasteiger partial charge in [-0.25, -0.2) is 0 Å². The lowest BCUT2D eigenvalue weighted by Gasteiger charge is -2.18. The monoisotopic (exact) mass is 405 g/mol. The third kappa shape index (κ3) is 5.03. The van der Waals surface area contributed by atoms with Crippen LogP contribution in [0.3, 0.4) is 0 Å². The Morgan fingerprint density at radius 3 is 2.67 bits per heavy atom. The molecule has 0 aliphatic carbocycles. The van der Waals surface area contributed by atoms with Gasteiger partial charge in [0.15, 0.2) is 0 Å². The highest BCUT2D eigenvalue weighted by atomic mass is 35.5.